The molecule has 1 aromatic rings. The van der Waals surface area contributed by atoms with Gasteiger partial charge in [0, 0.05) is 6.54 Å². The van der Waals surface area contributed by atoms with Gasteiger partial charge in [-0.3, -0.25) is 0 Å². The molecule has 1 nitrogen and oxygen atoms in total. The van der Waals surface area contributed by atoms with Gasteiger partial charge >= 0.3 is 6.18 Å². The largest absolute Gasteiger partial charge is 0.416 e. The molecule has 0 aromatic heterocycles. The highest BCUT2D eigenvalue weighted by Gasteiger charge is 2.31. The maximum atomic E-state index is 12.5. The lowest BCUT2D eigenvalue weighted by molar-refractivity contribution is -0.137. The number of benzene rings is 1. The van der Waals surface area contributed by atoms with Crippen LogP contribution in [0, 0.1) is 11.3 Å². The average molecular weight is 287 g/mol. The fourth-order valence-electron chi connectivity index (χ4n) is 2.16. The highest BCUT2D eigenvalue weighted by atomic mass is 19.4. The van der Waals surface area contributed by atoms with Crippen LogP contribution in [-0.2, 0) is 12.6 Å². The summed E-state index contributed by atoms with van der Waals surface area (Å²) in [5.74, 6) is 0.448. The Hall–Kier alpha value is -1.03. The van der Waals surface area contributed by atoms with E-state index in [0.29, 0.717) is 5.92 Å². The molecule has 1 rings (SSSR count). The second-order valence-corrected chi connectivity index (χ2v) is 5.96. The summed E-state index contributed by atoms with van der Waals surface area (Å²) in [6, 6.07) is 5.53. The lowest BCUT2D eigenvalue weighted by Gasteiger charge is -2.34. The maximum absolute atomic E-state index is 12.5. The van der Waals surface area contributed by atoms with Gasteiger partial charge in [0.15, 0.2) is 0 Å². The monoisotopic (exact) mass is 287 g/mol. The van der Waals surface area contributed by atoms with Crippen molar-refractivity contribution in [3.8, 4) is 0 Å². The summed E-state index contributed by atoms with van der Waals surface area (Å²) in [7, 11) is 0. The smallest absolute Gasteiger partial charge is 0.316 e. The predicted molar refractivity (Wildman–Crippen MR) is 76.6 cm³/mol. The Bertz CT molecular complexity index is 409. The zero-order chi connectivity index (χ0) is 15.4. The molecule has 0 spiro atoms. The summed E-state index contributed by atoms with van der Waals surface area (Å²) in [6.45, 7) is 10.3. The quantitative estimate of drug-likeness (QED) is 0.811. The highest BCUT2D eigenvalue weighted by Crippen LogP contribution is 2.33. The van der Waals surface area contributed by atoms with E-state index >= 15 is 0 Å². The zero-order valence-electron chi connectivity index (χ0n) is 12.6. The summed E-state index contributed by atoms with van der Waals surface area (Å²) in [6.07, 6.45) is -3.49. The standard InChI is InChI=1S/C16H24F3N/c1-5-20-11-15(4,12(2)3)10-13-6-8-14(9-7-13)16(17,18)19/h6-9,12,20H,5,10-11H2,1-4H3. The second-order valence-electron chi connectivity index (χ2n) is 5.96. The van der Waals surface area contributed by atoms with E-state index in [9.17, 15) is 13.2 Å². The maximum Gasteiger partial charge on any atom is 0.416 e. The first-order chi connectivity index (χ1) is 9.19. The van der Waals surface area contributed by atoms with Crippen LogP contribution < -0.4 is 5.32 Å². The zero-order valence-corrected chi connectivity index (χ0v) is 12.6. The van der Waals surface area contributed by atoms with Crippen molar-refractivity contribution in [3.05, 3.63) is 35.4 Å². The van der Waals surface area contributed by atoms with E-state index < -0.39 is 11.7 Å². The molecule has 0 radical (unpaired) electrons. The second kappa shape index (κ2) is 6.61. The topological polar surface area (TPSA) is 12.0 Å². The Balaban J connectivity index is 2.84. The van der Waals surface area contributed by atoms with Gasteiger partial charge in [0.05, 0.1) is 5.56 Å². The summed E-state index contributed by atoms with van der Waals surface area (Å²) >= 11 is 0. The van der Waals surface area contributed by atoms with Crippen molar-refractivity contribution in [1.29, 1.82) is 0 Å². The summed E-state index contributed by atoms with van der Waals surface area (Å²) < 4.78 is 37.6. The van der Waals surface area contributed by atoms with E-state index in [0.717, 1.165) is 25.1 Å². The number of alkyl halides is 3. The van der Waals surface area contributed by atoms with Gasteiger partial charge in [0.25, 0.3) is 0 Å². The lowest BCUT2D eigenvalue weighted by atomic mass is 9.74. The van der Waals surface area contributed by atoms with E-state index in [-0.39, 0.29) is 5.41 Å². The molecule has 0 bridgehead atoms. The summed E-state index contributed by atoms with van der Waals surface area (Å²) in [5, 5.41) is 3.35. The van der Waals surface area contributed by atoms with Gasteiger partial charge in [0.1, 0.15) is 0 Å². The minimum atomic E-state index is -4.26. The Labute approximate surface area is 119 Å². The van der Waals surface area contributed by atoms with Crippen LogP contribution in [0.2, 0.25) is 0 Å². The Morgan fingerprint density at radius 3 is 2.05 bits per heavy atom. The third-order valence-electron chi connectivity index (χ3n) is 4.06. The predicted octanol–water partition coefficient (Wildman–Crippen LogP) is 4.52. The Kier molecular flexibility index (Phi) is 5.63. The summed E-state index contributed by atoms with van der Waals surface area (Å²) in [4.78, 5) is 0. The molecule has 0 heterocycles. The van der Waals surface area contributed by atoms with Crippen LogP contribution in [0.25, 0.3) is 0 Å². The molecule has 0 aliphatic rings. The third-order valence-corrected chi connectivity index (χ3v) is 4.06. The molecule has 114 valence electrons. The molecular formula is C16H24F3N. The van der Waals surface area contributed by atoms with E-state index in [1.54, 1.807) is 12.1 Å². The van der Waals surface area contributed by atoms with Crippen molar-refractivity contribution in [3.63, 3.8) is 0 Å². The van der Waals surface area contributed by atoms with Gasteiger partial charge < -0.3 is 5.32 Å². The van der Waals surface area contributed by atoms with Crippen LogP contribution in [0.1, 0.15) is 38.8 Å². The van der Waals surface area contributed by atoms with E-state index in [4.69, 9.17) is 0 Å². The molecule has 0 aliphatic heterocycles. The van der Waals surface area contributed by atoms with Crippen LogP contribution in [0.4, 0.5) is 13.2 Å². The first kappa shape index (κ1) is 17.0. The molecular weight excluding hydrogens is 263 g/mol. The minimum absolute atomic E-state index is 0.0375. The Morgan fingerprint density at radius 1 is 1.10 bits per heavy atom. The normalized spacial score (nSPS) is 15.4. The number of hydrogen-bond donors (Lipinski definition) is 1. The molecule has 1 aromatic carbocycles. The number of nitrogens with one attached hydrogen (secondary N) is 1. The van der Waals surface area contributed by atoms with Crippen LogP contribution in [-0.4, -0.2) is 13.1 Å². The van der Waals surface area contributed by atoms with Gasteiger partial charge in [-0.15, -0.1) is 0 Å². The first-order valence-corrected chi connectivity index (χ1v) is 7.06. The lowest BCUT2D eigenvalue weighted by Crippen LogP contribution is -2.37. The van der Waals surface area contributed by atoms with Crippen LogP contribution >= 0.6 is 0 Å². The molecule has 1 unspecified atom stereocenters. The highest BCUT2D eigenvalue weighted by molar-refractivity contribution is 5.25. The van der Waals surface area contributed by atoms with Gasteiger partial charge in [-0.1, -0.05) is 39.8 Å². The molecule has 0 saturated heterocycles. The van der Waals surface area contributed by atoms with E-state index in [2.05, 4.69) is 33.0 Å². The van der Waals surface area contributed by atoms with Gasteiger partial charge in [-0.05, 0) is 42.0 Å². The van der Waals surface area contributed by atoms with Crippen molar-refractivity contribution in [2.75, 3.05) is 13.1 Å². The van der Waals surface area contributed by atoms with Crippen LogP contribution in [0.3, 0.4) is 0 Å². The fraction of sp³-hybridized carbons (Fsp3) is 0.625. The molecule has 0 aliphatic carbocycles. The Morgan fingerprint density at radius 2 is 1.65 bits per heavy atom. The van der Waals surface area contributed by atoms with Gasteiger partial charge in [0.2, 0.25) is 0 Å². The van der Waals surface area contributed by atoms with Crippen LogP contribution in [0.15, 0.2) is 24.3 Å². The van der Waals surface area contributed by atoms with E-state index in [1.807, 2.05) is 0 Å². The number of rotatable bonds is 6. The third kappa shape index (κ3) is 4.51. The van der Waals surface area contributed by atoms with Gasteiger partial charge in [-0.25, -0.2) is 0 Å². The van der Waals surface area contributed by atoms with Crippen molar-refractivity contribution in [2.24, 2.45) is 11.3 Å². The summed E-state index contributed by atoms with van der Waals surface area (Å²) in [5.41, 5.74) is 0.404. The van der Waals surface area contributed by atoms with Crippen LogP contribution in [0.5, 0.6) is 0 Å². The molecule has 4 heteroatoms. The molecule has 0 amide bonds. The van der Waals surface area contributed by atoms with E-state index in [1.165, 1.54) is 12.1 Å². The van der Waals surface area contributed by atoms with Crippen molar-refractivity contribution < 1.29 is 13.2 Å². The number of hydrogen-bond acceptors (Lipinski definition) is 1. The molecule has 20 heavy (non-hydrogen) atoms. The van der Waals surface area contributed by atoms with Crippen molar-refractivity contribution in [2.45, 2.75) is 40.3 Å². The van der Waals surface area contributed by atoms with Crippen molar-refractivity contribution >= 4 is 0 Å². The molecule has 1 N–H and O–H groups in total. The molecule has 0 fully saturated rings. The van der Waals surface area contributed by atoms with Gasteiger partial charge in [-0.2, -0.15) is 13.2 Å². The molecule has 0 saturated carbocycles. The van der Waals surface area contributed by atoms with Crippen molar-refractivity contribution in [1.82, 2.24) is 5.32 Å². The SMILES string of the molecule is CCNCC(C)(Cc1ccc(C(F)(F)F)cc1)C(C)C. The number of halogens is 3. The first-order valence-electron chi connectivity index (χ1n) is 7.06. The fourth-order valence-corrected chi connectivity index (χ4v) is 2.16. The average Bonchev–Trinajstić information content (AvgIpc) is 2.35. The molecule has 1 atom stereocenters. The minimum Gasteiger partial charge on any atom is -0.316 e.